The lowest BCUT2D eigenvalue weighted by Gasteiger charge is -2.27. The molecule has 1 aliphatic rings. The first-order valence-electron chi connectivity index (χ1n) is 7.27. The van der Waals surface area contributed by atoms with Crippen molar-refractivity contribution in [3.05, 3.63) is 29.7 Å². The number of likely N-dealkylation sites (N-methyl/N-ethyl adjacent to an activating group) is 1. The summed E-state index contributed by atoms with van der Waals surface area (Å²) in [6, 6.07) is 5.04. The van der Waals surface area contributed by atoms with Gasteiger partial charge in [0.2, 0.25) is 5.76 Å². The second-order valence-electron chi connectivity index (χ2n) is 4.86. The van der Waals surface area contributed by atoms with Crippen LogP contribution in [0.3, 0.4) is 0 Å². The van der Waals surface area contributed by atoms with Gasteiger partial charge in [-0.25, -0.2) is 0 Å². The molecule has 1 N–H and O–H groups in total. The van der Waals surface area contributed by atoms with Crippen LogP contribution in [0.5, 0.6) is 17.2 Å². The van der Waals surface area contributed by atoms with Gasteiger partial charge < -0.3 is 24.2 Å². The van der Waals surface area contributed by atoms with E-state index in [1.54, 1.807) is 30.2 Å². The number of amides is 1. The summed E-state index contributed by atoms with van der Waals surface area (Å²) >= 11 is 0. The molecule has 6 nitrogen and oxygen atoms in total. The Kier molecular flexibility index (Phi) is 4.92. The molecule has 0 saturated heterocycles. The molecule has 0 radical (unpaired) electrons. The molecule has 1 aliphatic heterocycles. The Morgan fingerprint density at radius 2 is 1.95 bits per heavy atom. The van der Waals surface area contributed by atoms with Gasteiger partial charge >= 0.3 is 0 Å². The molecular formula is C16H21NO5. The van der Waals surface area contributed by atoms with E-state index in [0.29, 0.717) is 30.3 Å². The topological polar surface area (TPSA) is 68.2 Å². The molecule has 1 heterocycles. The Labute approximate surface area is 129 Å². The zero-order valence-corrected chi connectivity index (χ0v) is 13.3. The average Bonchev–Trinajstić information content (AvgIpc) is 2.53. The van der Waals surface area contributed by atoms with Crippen LogP contribution in [-0.2, 0) is 4.79 Å². The van der Waals surface area contributed by atoms with E-state index in [4.69, 9.17) is 14.2 Å². The summed E-state index contributed by atoms with van der Waals surface area (Å²) < 4.78 is 16.5. The van der Waals surface area contributed by atoms with Gasteiger partial charge in [-0.15, -0.1) is 0 Å². The number of carbonyl (C=O) groups excluding carboxylic acids is 1. The summed E-state index contributed by atoms with van der Waals surface area (Å²) in [7, 11) is 1.55. The van der Waals surface area contributed by atoms with Crippen molar-refractivity contribution in [2.45, 2.75) is 26.9 Å². The van der Waals surface area contributed by atoms with Crippen molar-refractivity contribution in [1.82, 2.24) is 4.90 Å². The number of hydrogen-bond acceptors (Lipinski definition) is 5. The van der Waals surface area contributed by atoms with Gasteiger partial charge in [-0.1, -0.05) is 0 Å². The molecule has 1 atom stereocenters. The second-order valence-corrected chi connectivity index (χ2v) is 4.86. The number of aliphatic hydroxyl groups excluding tert-OH is 1. The van der Waals surface area contributed by atoms with Crippen LogP contribution in [0.1, 0.15) is 20.8 Å². The van der Waals surface area contributed by atoms with E-state index in [-0.39, 0.29) is 17.4 Å². The fourth-order valence-corrected chi connectivity index (χ4v) is 2.18. The molecule has 1 aromatic rings. The highest BCUT2D eigenvalue weighted by Gasteiger charge is 2.31. The molecule has 0 unspecified atom stereocenters. The SMILES string of the molecule is CCN(CC)C(=O)C1=C([C@H](C)O)Oc2cc(OC)ccc2O1. The van der Waals surface area contributed by atoms with E-state index in [1.807, 2.05) is 13.8 Å². The van der Waals surface area contributed by atoms with Crippen LogP contribution >= 0.6 is 0 Å². The normalized spacial score (nSPS) is 14.6. The fraction of sp³-hybridized carbons (Fsp3) is 0.438. The van der Waals surface area contributed by atoms with Gasteiger partial charge in [0.15, 0.2) is 17.3 Å². The molecule has 0 saturated carbocycles. The number of nitrogens with zero attached hydrogens (tertiary/aromatic N) is 1. The Balaban J connectivity index is 2.40. The van der Waals surface area contributed by atoms with E-state index in [2.05, 4.69) is 0 Å². The lowest BCUT2D eigenvalue weighted by atomic mass is 10.2. The van der Waals surface area contributed by atoms with E-state index in [1.165, 1.54) is 6.92 Å². The Morgan fingerprint density at radius 3 is 2.50 bits per heavy atom. The zero-order chi connectivity index (χ0) is 16.3. The minimum atomic E-state index is -0.964. The number of rotatable bonds is 5. The molecule has 6 heteroatoms. The quantitative estimate of drug-likeness (QED) is 0.900. The molecule has 0 fully saturated rings. The predicted octanol–water partition coefficient (Wildman–Crippen LogP) is 1.93. The average molecular weight is 307 g/mol. The summed E-state index contributed by atoms with van der Waals surface area (Å²) in [5, 5.41) is 9.91. The second kappa shape index (κ2) is 6.70. The van der Waals surface area contributed by atoms with Crippen LogP contribution in [0.4, 0.5) is 0 Å². The van der Waals surface area contributed by atoms with Gasteiger partial charge in [0, 0.05) is 19.2 Å². The first-order chi connectivity index (χ1) is 10.5. The largest absolute Gasteiger partial charge is 0.497 e. The number of hydrogen-bond donors (Lipinski definition) is 1. The standard InChI is InChI=1S/C16H21NO5/c1-5-17(6-2)16(19)15-14(10(3)18)22-13-9-11(20-4)7-8-12(13)21-15/h7-10,18H,5-6H2,1-4H3/t10-/m0/s1. The maximum absolute atomic E-state index is 12.5. The number of carbonyl (C=O) groups is 1. The smallest absolute Gasteiger partial charge is 0.293 e. The molecule has 22 heavy (non-hydrogen) atoms. The van der Waals surface area contributed by atoms with Crippen molar-refractivity contribution in [2.75, 3.05) is 20.2 Å². The Hall–Kier alpha value is -2.21. The maximum Gasteiger partial charge on any atom is 0.293 e. The van der Waals surface area contributed by atoms with E-state index < -0.39 is 6.10 Å². The van der Waals surface area contributed by atoms with Crippen LogP contribution < -0.4 is 14.2 Å². The maximum atomic E-state index is 12.5. The molecule has 2 rings (SSSR count). The molecule has 120 valence electrons. The van der Waals surface area contributed by atoms with Gasteiger partial charge in [-0.3, -0.25) is 4.79 Å². The predicted molar refractivity (Wildman–Crippen MR) is 80.9 cm³/mol. The molecule has 1 amide bonds. The Morgan fingerprint density at radius 1 is 1.27 bits per heavy atom. The zero-order valence-electron chi connectivity index (χ0n) is 13.3. The van der Waals surface area contributed by atoms with Gasteiger partial charge in [0.25, 0.3) is 5.91 Å². The van der Waals surface area contributed by atoms with Crippen LogP contribution in [0.25, 0.3) is 0 Å². The van der Waals surface area contributed by atoms with Gasteiger partial charge in [0.05, 0.1) is 7.11 Å². The number of methoxy groups -OCH3 is 1. The summed E-state index contributed by atoms with van der Waals surface area (Å²) in [5.41, 5.74) is 0. The van der Waals surface area contributed by atoms with Crippen LogP contribution in [0.15, 0.2) is 29.7 Å². The molecule has 0 bridgehead atoms. The summed E-state index contributed by atoms with van der Waals surface area (Å²) in [5.74, 6) is 1.26. The summed E-state index contributed by atoms with van der Waals surface area (Å²) in [4.78, 5) is 14.1. The van der Waals surface area contributed by atoms with Crippen molar-refractivity contribution < 1.29 is 24.1 Å². The molecular weight excluding hydrogens is 286 g/mol. The summed E-state index contributed by atoms with van der Waals surface area (Å²) in [6.07, 6.45) is -0.964. The third kappa shape index (κ3) is 3.01. The molecule has 0 aromatic heterocycles. The monoisotopic (exact) mass is 307 g/mol. The number of benzene rings is 1. The van der Waals surface area contributed by atoms with Crippen molar-refractivity contribution in [3.8, 4) is 17.2 Å². The third-order valence-corrected chi connectivity index (χ3v) is 3.43. The van der Waals surface area contributed by atoms with Crippen molar-refractivity contribution in [1.29, 1.82) is 0 Å². The van der Waals surface area contributed by atoms with E-state index in [0.717, 1.165) is 0 Å². The first-order valence-corrected chi connectivity index (χ1v) is 7.27. The Bertz CT molecular complexity index is 590. The van der Waals surface area contributed by atoms with Gasteiger partial charge in [0.1, 0.15) is 11.9 Å². The minimum absolute atomic E-state index is 0.0244. The highest BCUT2D eigenvalue weighted by molar-refractivity contribution is 5.93. The van der Waals surface area contributed by atoms with Gasteiger partial charge in [-0.2, -0.15) is 0 Å². The third-order valence-electron chi connectivity index (χ3n) is 3.43. The minimum Gasteiger partial charge on any atom is -0.497 e. The lowest BCUT2D eigenvalue weighted by Crippen LogP contribution is -2.36. The summed E-state index contributed by atoms with van der Waals surface area (Å²) in [6.45, 7) is 6.38. The van der Waals surface area contributed by atoms with E-state index in [9.17, 15) is 9.90 Å². The number of aliphatic hydroxyl groups is 1. The molecule has 1 aromatic carbocycles. The highest BCUT2D eigenvalue weighted by atomic mass is 16.6. The van der Waals surface area contributed by atoms with Gasteiger partial charge in [-0.05, 0) is 32.9 Å². The van der Waals surface area contributed by atoms with Crippen molar-refractivity contribution >= 4 is 5.91 Å². The van der Waals surface area contributed by atoms with Crippen LogP contribution in [-0.4, -0.2) is 42.2 Å². The molecule has 0 spiro atoms. The van der Waals surface area contributed by atoms with Crippen molar-refractivity contribution in [3.63, 3.8) is 0 Å². The highest BCUT2D eigenvalue weighted by Crippen LogP contribution is 2.39. The van der Waals surface area contributed by atoms with Crippen LogP contribution in [0.2, 0.25) is 0 Å². The number of fused-ring (bicyclic) bond motifs is 1. The van der Waals surface area contributed by atoms with E-state index >= 15 is 0 Å². The lowest BCUT2D eigenvalue weighted by molar-refractivity contribution is -0.129. The van der Waals surface area contributed by atoms with Crippen LogP contribution in [0, 0.1) is 0 Å². The first kappa shape index (κ1) is 16.2. The van der Waals surface area contributed by atoms with Crippen molar-refractivity contribution in [2.24, 2.45) is 0 Å². The fourth-order valence-electron chi connectivity index (χ4n) is 2.18. The molecule has 0 aliphatic carbocycles. The number of ether oxygens (including phenoxy) is 3.